The lowest BCUT2D eigenvalue weighted by molar-refractivity contribution is -0.119. The smallest absolute Gasteiger partial charge is 0.250 e. The number of nitrogens with one attached hydrogen (secondary N) is 2. The Labute approximate surface area is 175 Å². The van der Waals surface area contributed by atoms with Crippen molar-refractivity contribution in [3.63, 3.8) is 0 Å². The molecule has 28 heavy (non-hydrogen) atoms. The predicted molar refractivity (Wildman–Crippen MR) is 114 cm³/mol. The summed E-state index contributed by atoms with van der Waals surface area (Å²) in [4.78, 5) is 15.4. The topological polar surface area (TPSA) is 78.5 Å². The minimum atomic E-state index is -3.58. The Bertz CT molecular complexity index is 869. The zero-order valence-corrected chi connectivity index (χ0v) is 18.6. The van der Waals surface area contributed by atoms with E-state index in [0.717, 1.165) is 36.7 Å². The Morgan fingerprint density at radius 1 is 1.29 bits per heavy atom. The summed E-state index contributed by atoms with van der Waals surface area (Å²) in [6, 6.07) is 7.51. The van der Waals surface area contributed by atoms with Gasteiger partial charge in [-0.3, -0.25) is 9.69 Å². The minimum absolute atomic E-state index is 0.0566. The van der Waals surface area contributed by atoms with Crippen LogP contribution < -0.4 is 10.0 Å². The number of thiophene rings is 2. The van der Waals surface area contributed by atoms with Gasteiger partial charge >= 0.3 is 0 Å². The van der Waals surface area contributed by atoms with Crippen LogP contribution in [-0.4, -0.2) is 38.9 Å². The van der Waals surface area contributed by atoms with Gasteiger partial charge in [-0.1, -0.05) is 13.0 Å². The van der Waals surface area contributed by atoms with Gasteiger partial charge in [0.1, 0.15) is 4.21 Å². The molecule has 0 aliphatic carbocycles. The number of carbonyl (C=O) groups excluding carboxylic acids is 1. The maximum atomic E-state index is 12.8. The van der Waals surface area contributed by atoms with Crippen LogP contribution in [0.1, 0.15) is 42.5 Å². The molecule has 1 fully saturated rings. The molecule has 1 saturated heterocycles. The summed E-state index contributed by atoms with van der Waals surface area (Å²) in [5, 5.41) is 4.73. The van der Waals surface area contributed by atoms with Gasteiger partial charge in [-0.15, -0.1) is 22.7 Å². The predicted octanol–water partition coefficient (Wildman–Crippen LogP) is 3.20. The Hall–Kier alpha value is -1.26. The molecule has 1 aliphatic heterocycles. The van der Waals surface area contributed by atoms with Crippen LogP contribution in [0.25, 0.3) is 0 Å². The minimum Gasteiger partial charge on any atom is -0.351 e. The van der Waals surface area contributed by atoms with E-state index >= 15 is 0 Å². The Morgan fingerprint density at radius 2 is 2.04 bits per heavy atom. The average molecular weight is 442 g/mol. The summed E-state index contributed by atoms with van der Waals surface area (Å²) in [5.74, 6) is 0.593. The second kappa shape index (κ2) is 9.49. The van der Waals surface area contributed by atoms with Gasteiger partial charge in [-0.2, -0.15) is 0 Å². The third-order valence-corrected chi connectivity index (χ3v) is 8.98. The molecule has 2 aromatic rings. The van der Waals surface area contributed by atoms with E-state index in [1.807, 2.05) is 11.4 Å². The van der Waals surface area contributed by atoms with E-state index in [4.69, 9.17) is 0 Å². The summed E-state index contributed by atoms with van der Waals surface area (Å²) < 4.78 is 28.7. The van der Waals surface area contributed by atoms with Gasteiger partial charge in [-0.25, -0.2) is 13.1 Å². The molecule has 154 valence electrons. The van der Waals surface area contributed by atoms with Crippen molar-refractivity contribution in [1.29, 1.82) is 0 Å². The second-order valence-electron chi connectivity index (χ2n) is 7.23. The van der Waals surface area contributed by atoms with Crippen LogP contribution in [0.5, 0.6) is 0 Å². The van der Waals surface area contributed by atoms with Crippen molar-refractivity contribution in [1.82, 2.24) is 14.9 Å². The highest BCUT2D eigenvalue weighted by atomic mass is 32.2. The molecule has 0 spiro atoms. The molecule has 0 radical (unpaired) electrons. The number of hydrogen-bond acceptors (Lipinski definition) is 6. The van der Waals surface area contributed by atoms with E-state index in [1.165, 1.54) is 23.1 Å². The fraction of sp³-hybridized carbons (Fsp3) is 0.526. The Balaban J connectivity index is 1.67. The lowest BCUT2D eigenvalue weighted by Crippen LogP contribution is -2.41. The van der Waals surface area contributed by atoms with Gasteiger partial charge in [0.25, 0.3) is 0 Å². The number of sulfonamides is 1. The first-order valence-electron chi connectivity index (χ1n) is 9.45. The van der Waals surface area contributed by atoms with E-state index < -0.39 is 10.0 Å². The molecule has 3 heterocycles. The van der Waals surface area contributed by atoms with Crippen molar-refractivity contribution in [3.05, 3.63) is 39.4 Å². The SMILES string of the molecule is CC(=O)NCc1ccc(S(=O)(=O)NCC(c2cccs2)N2CCC(C)CC2)s1. The Kier molecular flexibility index (Phi) is 7.27. The number of rotatable bonds is 8. The zero-order valence-electron chi connectivity index (χ0n) is 16.2. The van der Waals surface area contributed by atoms with Crippen LogP contribution in [0.3, 0.4) is 0 Å². The van der Waals surface area contributed by atoms with E-state index in [1.54, 1.807) is 23.5 Å². The fourth-order valence-corrected chi connectivity index (χ4v) is 6.54. The molecule has 1 unspecified atom stereocenters. The molecule has 1 atom stereocenters. The molecule has 0 bridgehead atoms. The number of piperidine rings is 1. The monoisotopic (exact) mass is 441 g/mol. The van der Waals surface area contributed by atoms with Crippen LogP contribution >= 0.6 is 22.7 Å². The maximum Gasteiger partial charge on any atom is 0.250 e. The third-order valence-electron chi connectivity index (χ3n) is 5.01. The van der Waals surface area contributed by atoms with E-state index in [-0.39, 0.29) is 16.2 Å². The van der Waals surface area contributed by atoms with Crippen molar-refractivity contribution in [2.45, 2.75) is 43.5 Å². The highest BCUT2D eigenvalue weighted by Gasteiger charge is 2.27. The number of carbonyl (C=O) groups is 1. The molecule has 2 aromatic heterocycles. The summed E-state index contributed by atoms with van der Waals surface area (Å²) in [6.45, 7) is 6.40. The lowest BCUT2D eigenvalue weighted by atomic mass is 9.97. The molecule has 6 nitrogen and oxygen atoms in total. The van der Waals surface area contributed by atoms with E-state index in [0.29, 0.717) is 13.1 Å². The molecule has 0 saturated carbocycles. The van der Waals surface area contributed by atoms with Gasteiger partial charge in [0.15, 0.2) is 0 Å². The van der Waals surface area contributed by atoms with Crippen LogP contribution in [-0.2, 0) is 21.4 Å². The van der Waals surface area contributed by atoms with E-state index in [2.05, 4.69) is 27.9 Å². The highest BCUT2D eigenvalue weighted by Crippen LogP contribution is 2.30. The van der Waals surface area contributed by atoms with Crippen LogP contribution in [0.4, 0.5) is 0 Å². The summed E-state index contributed by atoms with van der Waals surface area (Å²) in [5.41, 5.74) is 0. The van der Waals surface area contributed by atoms with Crippen LogP contribution in [0.15, 0.2) is 33.9 Å². The molecule has 9 heteroatoms. The van der Waals surface area contributed by atoms with Crippen molar-refractivity contribution in [2.75, 3.05) is 19.6 Å². The zero-order chi connectivity index (χ0) is 20.1. The summed E-state index contributed by atoms with van der Waals surface area (Å²) in [6.07, 6.45) is 2.29. The van der Waals surface area contributed by atoms with Gasteiger partial charge in [0.2, 0.25) is 15.9 Å². The lowest BCUT2D eigenvalue weighted by Gasteiger charge is -2.36. The van der Waals surface area contributed by atoms with Crippen molar-refractivity contribution < 1.29 is 13.2 Å². The second-order valence-corrected chi connectivity index (χ2v) is 11.4. The van der Waals surface area contributed by atoms with Crippen molar-refractivity contribution >= 4 is 38.6 Å². The van der Waals surface area contributed by atoms with Gasteiger partial charge in [-0.05, 0) is 55.4 Å². The van der Waals surface area contributed by atoms with Gasteiger partial charge < -0.3 is 5.32 Å². The summed E-state index contributed by atoms with van der Waals surface area (Å²) in [7, 11) is -3.58. The first-order valence-corrected chi connectivity index (χ1v) is 12.6. The van der Waals surface area contributed by atoms with Crippen molar-refractivity contribution in [2.24, 2.45) is 5.92 Å². The maximum absolute atomic E-state index is 12.8. The Morgan fingerprint density at radius 3 is 2.68 bits per heavy atom. The first-order chi connectivity index (χ1) is 13.3. The molecule has 0 aromatic carbocycles. The quantitative estimate of drug-likeness (QED) is 0.659. The van der Waals surface area contributed by atoms with Crippen molar-refractivity contribution in [3.8, 4) is 0 Å². The number of amides is 1. The third kappa shape index (κ3) is 5.64. The van der Waals surface area contributed by atoms with Gasteiger partial charge in [0.05, 0.1) is 12.6 Å². The largest absolute Gasteiger partial charge is 0.351 e. The summed E-state index contributed by atoms with van der Waals surface area (Å²) >= 11 is 2.86. The number of likely N-dealkylation sites (tertiary alicyclic amines) is 1. The molecule has 2 N–H and O–H groups in total. The first kappa shape index (κ1) is 21.4. The molecule has 3 rings (SSSR count). The fourth-order valence-electron chi connectivity index (χ4n) is 3.30. The van der Waals surface area contributed by atoms with E-state index in [9.17, 15) is 13.2 Å². The number of hydrogen-bond donors (Lipinski definition) is 2. The van der Waals surface area contributed by atoms with Crippen LogP contribution in [0.2, 0.25) is 0 Å². The average Bonchev–Trinajstić information content (AvgIpc) is 3.34. The van der Waals surface area contributed by atoms with Crippen LogP contribution in [0, 0.1) is 5.92 Å². The molecular formula is C19H27N3O3S3. The normalized spacial score (nSPS) is 17.5. The highest BCUT2D eigenvalue weighted by molar-refractivity contribution is 7.91. The molecule has 1 aliphatic rings. The van der Waals surface area contributed by atoms with Gasteiger partial charge in [0, 0.05) is 23.2 Å². The number of nitrogens with zero attached hydrogens (tertiary/aromatic N) is 1. The molecular weight excluding hydrogens is 414 g/mol. The standard InChI is InChI=1S/C19H27N3O3S3/c1-14-7-9-22(10-8-14)17(18-4-3-11-26-18)13-21-28(24,25)19-6-5-16(27-19)12-20-15(2)23/h3-6,11,14,17,21H,7-10,12-13H2,1-2H3,(H,20,23). The molecule has 1 amide bonds.